The van der Waals surface area contributed by atoms with E-state index < -0.39 is 5.91 Å². The Balaban J connectivity index is 1.57. The maximum atomic E-state index is 11.7. The van der Waals surface area contributed by atoms with E-state index in [9.17, 15) is 4.79 Å². The van der Waals surface area contributed by atoms with Crippen LogP contribution < -0.4 is 10.4 Å². The number of hydrogen-bond donors (Lipinski definition) is 2. The van der Waals surface area contributed by atoms with Crippen LogP contribution in [0.1, 0.15) is 49.5 Å². The number of aryl methyl sites for hydroxylation is 1. The molecule has 0 bridgehead atoms. The van der Waals surface area contributed by atoms with Gasteiger partial charge in [-0.05, 0) is 37.9 Å². The zero-order chi connectivity index (χ0) is 27.8. The standard InChI is InChI=1S/C26H37N9O3S/c1-5-6-7-19-8-9-20(39-19)23-30-24-22(25(31-23)35-10-12-38-13-11-35)29-21(34(24)4)16-33(3)17-28-15-18(14-27-2)26(36)32-37/h8,14-15,20,37H,2,5-7,9-13,16-17H2,1,3-4H3,(H,32,36)/b18-14+,28-15?. The zero-order valence-electron chi connectivity index (χ0n) is 22.8. The Morgan fingerprint density at radius 1 is 1.36 bits per heavy atom. The second kappa shape index (κ2) is 13.8. The Bertz CT molecular complexity index is 1270. The number of imidazole rings is 1. The minimum Gasteiger partial charge on any atom is -0.378 e. The molecule has 0 spiro atoms. The van der Waals surface area contributed by atoms with Crippen LogP contribution in [0.3, 0.4) is 0 Å². The van der Waals surface area contributed by atoms with Gasteiger partial charge >= 0.3 is 0 Å². The topological polar surface area (TPSA) is 133 Å². The number of thioether (sulfide) groups is 1. The molecular weight excluding hydrogens is 518 g/mol. The second-order valence-corrected chi connectivity index (χ2v) is 10.9. The Kier molecular flexibility index (Phi) is 10.2. The van der Waals surface area contributed by atoms with E-state index in [1.165, 1.54) is 30.2 Å². The van der Waals surface area contributed by atoms with Gasteiger partial charge in [0.25, 0.3) is 5.91 Å². The smallest absolute Gasteiger partial charge is 0.277 e. The summed E-state index contributed by atoms with van der Waals surface area (Å²) in [6, 6.07) is 0. The number of hydroxylamine groups is 1. The van der Waals surface area contributed by atoms with Crippen molar-refractivity contribution in [1.29, 1.82) is 0 Å². The van der Waals surface area contributed by atoms with E-state index in [1.807, 2.05) is 35.3 Å². The normalized spacial score (nSPS) is 18.4. The molecule has 4 heterocycles. The molecule has 0 aliphatic carbocycles. The minimum absolute atomic E-state index is 0.0960. The first kappa shape index (κ1) is 28.9. The van der Waals surface area contributed by atoms with E-state index >= 15 is 0 Å². The summed E-state index contributed by atoms with van der Waals surface area (Å²) >= 11 is 1.89. The fraction of sp³-hybridized carbons (Fsp3) is 0.538. The van der Waals surface area contributed by atoms with Crippen LogP contribution in [-0.2, 0) is 23.1 Å². The van der Waals surface area contributed by atoms with Crippen molar-refractivity contribution in [2.75, 3.05) is 44.9 Å². The Hall–Kier alpha value is -3.13. The van der Waals surface area contributed by atoms with Crippen molar-refractivity contribution in [1.82, 2.24) is 29.9 Å². The van der Waals surface area contributed by atoms with Gasteiger partial charge in [-0.15, -0.1) is 11.8 Å². The third kappa shape index (κ3) is 7.10. The molecule has 2 aliphatic rings. The number of amides is 1. The van der Waals surface area contributed by atoms with Crippen LogP contribution in [0.2, 0.25) is 0 Å². The quantitative estimate of drug-likeness (QED) is 0.175. The molecule has 210 valence electrons. The molecule has 1 saturated heterocycles. The SMILES string of the molecule is C=N/C=C(\C=NCN(C)Cc1nc2c(N3CCOCC3)nc(C3CC=C(CCCC)S3)nc2n1C)C(=O)NO. The number of nitrogens with one attached hydrogen (secondary N) is 1. The lowest BCUT2D eigenvalue weighted by Crippen LogP contribution is -2.37. The maximum Gasteiger partial charge on any atom is 0.277 e. The summed E-state index contributed by atoms with van der Waals surface area (Å²) in [5.74, 6) is 1.84. The number of nitrogens with zero attached hydrogens (tertiary/aromatic N) is 8. The molecular formula is C26H37N9O3S. The maximum absolute atomic E-state index is 11.7. The Morgan fingerprint density at radius 3 is 2.87 bits per heavy atom. The lowest BCUT2D eigenvalue weighted by Gasteiger charge is -2.28. The van der Waals surface area contributed by atoms with E-state index in [-0.39, 0.29) is 10.8 Å². The number of anilines is 1. The third-order valence-corrected chi connectivity index (χ3v) is 7.96. The average Bonchev–Trinajstić information content (AvgIpc) is 3.55. The van der Waals surface area contributed by atoms with Crippen LogP contribution in [0.15, 0.2) is 32.7 Å². The van der Waals surface area contributed by atoms with Gasteiger partial charge in [-0.1, -0.05) is 19.4 Å². The van der Waals surface area contributed by atoms with Gasteiger partial charge < -0.3 is 14.2 Å². The van der Waals surface area contributed by atoms with Gasteiger partial charge in [0.2, 0.25) is 0 Å². The number of ether oxygens (including phenoxy) is 1. The number of fused-ring (bicyclic) bond motifs is 1. The summed E-state index contributed by atoms with van der Waals surface area (Å²) in [4.78, 5) is 40.3. The molecule has 1 atom stereocenters. The molecule has 1 fully saturated rings. The van der Waals surface area contributed by atoms with Crippen LogP contribution in [0.5, 0.6) is 0 Å². The number of aliphatic imine (C=N–C) groups is 2. The second-order valence-electron chi connectivity index (χ2n) is 9.56. The molecule has 1 unspecified atom stereocenters. The molecule has 12 nitrogen and oxygen atoms in total. The zero-order valence-corrected chi connectivity index (χ0v) is 23.7. The fourth-order valence-electron chi connectivity index (χ4n) is 4.46. The highest BCUT2D eigenvalue weighted by molar-refractivity contribution is 8.03. The molecule has 39 heavy (non-hydrogen) atoms. The van der Waals surface area contributed by atoms with Crippen molar-refractivity contribution < 1.29 is 14.7 Å². The van der Waals surface area contributed by atoms with Crippen molar-refractivity contribution in [3.63, 3.8) is 0 Å². The van der Waals surface area contributed by atoms with Gasteiger partial charge in [0.15, 0.2) is 17.0 Å². The van der Waals surface area contributed by atoms with Crippen LogP contribution in [-0.4, -0.2) is 88.5 Å². The van der Waals surface area contributed by atoms with Gasteiger partial charge in [-0.3, -0.25) is 24.9 Å². The third-order valence-electron chi connectivity index (χ3n) is 6.60. The van der Waals surface area contributed by atoms with Gasteiger partial charge in [0.1, 0.15) is 11.6 Å². The Morgan fingerprint density at radius 2 is 2.15 bits per heavy atom. The predicted octanol–water partition coefficient (Wildman–Crippen LogP) is 3.00. The van der Waals surface area contributed by atoms with Crippen LogP contribution in [0, 0.1) is 0 Å². The summed E-state index contributed by atoms with van der Waals surface area (Å²) in [7, 11) is 3.90. The summed E-state index contributed by atoms with van der Waals surface area (Å²) in [5, 5.41) is 9.08. The summed E-state index contributed by atoms with van der Waals surface area (Å²) in [5.41, 5.74) is 3.28. The minimum atomic E-state index is -0.706. The molecule has 1 amide bonds. The van der Waals surface area contributed by atoms with Crippen LogP contribution in [0.25, 0.3) is 11.2 Å². The highest BCUT2D eigenvalue weighted by atomic mass is 32.2. The van der Waals surface area contributed by atoms with Gasteiger partial charge in [-0.2, -0.15) is 0 Å². The molecule has 0 radical (unpaired) electrons. The van der Waals surface area contributed by atoms with Crippen LogP contribution >= 0.6 is 11.8 Å². The van der Waals surface area contributed by atoms with E-state index in [2.05, 4.69) is 34.6 Å². The first-order chi connectivity index (χ1) is 18.9. The first-order valence-corrected chi connectivity index (χ1v) is 14.0. The van der Waals surface area contributed by atoms with Crippen molar-refractivity contribution >= 4 is 47.6 Å². The lowest BCUT2D eigenvalue weighted by molar-refractivity contribution is -0.124. The van der Waals surface area contributed by atoms with E-state index in [4.69, 9.17) is 24.9 Å². The molecule has 0 aromatic carbocycles. The monoisotopic (exact) mass is 555 g/mol. The Labute approximate surface area is 232 Å². The average molecular weight is 556 g/mol. The lowest BCUT2D eigenvalue weighted by atomic mass is 10.2. The number of carbonyl (C=O) groups excluding carboxylic acids is 1. The molecule has 4 rings (SSSR count). The summed E-state index contributed by atoms with van der Waals surface area (Å²) in [6.45, 7) is 9.22. The fourth-order valence-corrected chi connectivity index (χ4v) is 5.68. The first-order valence-electron chi connectivity index (χ1n) is 13.2. The predicted molar refractivity (Wildman–Crippen MR) is 154 cm³/mol. The van der Waals surface area contributed by atoms with E-state index in [1.54, 1.807) is 5.48 Å². The van der Waals surface area contributed by atoms with Crippen molar-refractivity contribution in [3.8, 4) is 0 Å². The number of hydrogen-bond acceptors (Lipinski definition) is 11. The number of rotatable bonds is 12. The van der Waals surface area contributed by atoms with Crippen molar-refractivity contribution in [3.05, 3.63) is 34.4 Å². The molecule has 2 N–H and O–H groups in total. The highest BCUT2D eigenvalue weighted by Crippen LogP contribution is 2.45. The number of allylic oxidation sites excluding steroid dienone is 2. The largest absolute Gasteiger partial charge is 0.378 e. The number of morpholine rings is 1. The summed E-state index contributed by atoms with van der Waals surface area (Å²) in [6.07, 6.45) is 9.36. The van der Waals surface area contributed by atoms with Gasteiger partial charge in [0, 0.05) is 32.6 Å². The van der Waals surface area contributed by atoms with E-state index in [0.717, 1.165) is 54.6 Å². The van der Waals surface area contributed by atoms with Crippen molar-refractivity contribution in [2.45, 2.75) is 44.4 Å². The van der Waals surface area contributed by atoms with Gasteiger partial charge in [0.05, 0.1) is 37.3 Å². The number of carbonyl (C=O) groups is 1. The molecule has 2 aromatic rings. The molecule has 0 saturated carbocycles. The highest BCUT2D eigenvalue weighted by Gasteiger charge is 2.27. The van der Waals surface area contributed by atoms with Gasteiger partial charge in [-0.25, -0.2) is 20.4 Å². The number of unbranched alkanes of at least 4 members (excludes halogenated alkanes) is 1. The van der Waals surface area contributed by atoms with Crippen LogP contribution in [0.4, 0.5) is 5.82 Å². The molecule has 2 aromatic heterocycles. The number of aromatic nitrogens is 4. The van der Waals surface area contributed by atoms with E-state index in [0.29, 0.717) is 26.4 Å². The van der Waals surface area contributed by atoms with Crippen molar-refractivity contribution in [2.24, 2.45) is 17.0 Å². The molecule has 2 aliphatic heterocycles. The summed E-state index contributed by atoms with van der Waals surface area (Å²) < 4.78 is 7.62. The molecule has 13 heteroatoms.